The molecule has 1 N–H and O–H groups in total. The van der Waals surface area contributed by atoms with Gasteiger partial charge < -0.3 is 14.8 Å². The van der Waals surface area contributed by atoms with Gasteiger partial charge in [0.1, 0.15) is 5.75 Å². The third kappa shape index (κ3) is 4.12. The third-order valence-corrected chi connectivity index (χ3v) is 4.53. The molecule has 1 aliphatic rings. The molecule has 0 radical (unpaired) electrons. The fraction of sp³-hybridized carbons (Fsp3) is 0.647. The molecule has 4 heteroatoms. The van der Waals surface area contributed by atoms with E-state index in [1.807, 2.05) is 18.2 Å². The van der Waals surface area contributed by atoms with Crippen LogP contribution in [-0.2, 0) is 11.2 Å². The lowest BCUT2D eigenvalue weighted by atomic mass is 9.88. The van der Waals surface area contributed by atoms with E-state index in [1.54, 1.807) is 7.11 Å². The molecule has 2 unspecified atom stereocenters. The van der Waals surface area contributed by atoms with Crippen molar-refractivity contribution in [1.82, 2.24) is 5.32 Å². The summed E-state index contributed by atoms with van der Waals surface area (Å²) in [5.41, 5.74) is 1.03. The number of nitrogens with one attached hydrogen (secondary N) is 1. The fourth-order valence-electron chi connectivity index (χ4n) is 3.02. The Morgan fingerprint density at radius 2 is 2.29 bits per heavy atom. The Bertz CT molecular complexity index is 458. The van der Waals surface area contributed by atoms with Gasteiger partial charge in [0.25, 0.3) is 0 Å². The molecule has 0 saturated carbocycles. The summed E-state index contributed by atoms with van der Waals surface area (Å²) < 4.78 is 11.5. The quantitative estimate of drug-likeness (QED) is 0.830. The van der Waals surface area contributed by atoms with Crippen molar-refractivity contribution in [2.45, 2.75) is 51.2 Å². The van der Waals surface area contributed by atoms with Gasteiger partial charge in [0.15, 0.2) is 0 Å². The number of methoxy groups -OCH3 is 1. The summed E-state index contributed by atoms with van der Waals surface area (Å²) in [6, 6.07) is 6.07. The molecule has 21 heavy (non-hydrogen) atoms. The van der Waals surface area contributed by atoms with Crippen LogP contribution in [0.3, 0.4) is 0 Å². The molecule has 0 amide bonds. The molecule has 1 saturated heterocycles. The van der Waals surface area contributed by atoms with Crippen molar-refractivity contribution in [3.05, 3.63) is 28.8 Å². The highest BCUT2D eigenvalue weighted by Crippen LogP contribution is 2.33. The van der Waals surface area contributed by atoms with E-state index in [4.69, 9.17) is 21.1 Å². The number of rotatable bonds is 7. The first-order valence-corrected chi connectivity index (χ1v) is 8.16. The lowest BCUT2D eigenvalue weighted by Crippen LogP contribution is -2.50. The average Bonchev–Trinajstić information content (AvgIpc) is 2.91. The minimum absolute atomic E-state index is 0.109. The van der Waals surface area contributed by atoms with Crippen molar-refractivity contribution in [2.75, 3.05) is 20.3 Å². The highest BCUT2D eigenvalue weighted by atomic mass is 35.5. The van der Waals surface area contributed by atoms with Crippen LogP contribution in [0, 0.1) is 0 Å². The summed E-state index contributed by atoms with van der Waals surface area (Å²) in [6.07, 6.45) is 4.20. The molecule has 1 heterocycles. The van der Waals surface area contributed by atoms with Gasteiger partial charge in [-0.25, -0.2) is 0 Å². The molecule has 2 atom stereocenters. The molecular formula is C17H26ClNO2. The van der Waals surface area contributed by atoms with Crippen LogP contribution in [0.2, 0.25) is 5.02 Å². The van der Waals surface area contributed by atoms with Gasteiger partial charge in [-0.1, -0.05) is 18.5 Å². The minimum Gasteiger partial charge on any atom is -0.496 e. The van der Waals surface area contributed by atoms with E-state index in [0.29, 0.717) is 0 Å². The van der Waals surface area contributed by atoms with Crippen molar-refractivity contribution in [3.8, 4) is 5.75 Å². The Labute approximate surface area is 133 Å². The Kier molecular flexibility index (Phi) is 5.91. The Balaban J connectivity index is 2.20. The predicted molar refractivity (Wildman–Crippen MR) is 87.4 cm³/mol. The molecule has 0 aliphatic carbocycles. The number of hydrogen-bond donors (Lipinski definition) is 1. The van der Waals surface area contributed by atoms with Crippen molar-refractivity contribution >= 4 is 11.6 Å². The molecule has 0 aromatic heterocycles. The molecule has 118 valence electrons. The molecule has 0 spiro atoms. The van der Waals surface area contributed by atoms with E-state index < -0.39 is 0 Å². The maximum Gasteiger partial charge on any atom is 0.122 e. The maximum atomic E-state index is 6.15. The lowest BCUT2D eigenvalue weighted by molar-refractivity contribution is -0.0115. The SMILES string of the molecule is CCCNC(Cc1cc(Cl)ccc1OC)C1(C)CCCO1. The Morgan fingerprint density at radius 1 is 1.48 bits per heavy atom. The van der Waals surface area contributed by atoms with Crippen molar-refractivity contribution in [2.24, 2.45) is 0 Å². The van der Waals surface area contributed by atoms with Gasteiger partial charge in [-0.15, -0.1) is 0 Å². The van der Waals surface area contributed by atoms with Crippen LogP contribution in [0.1, 0.15) is 38.7 Å². The van der Waals surface area contributed by atoms with Gasteiger partial charge >= 0.3 is 0 Å². The largest absolute Gasteiger partial charge is 0.496 e. The first kappa shape index (κ1) is 16.6. The van der Waals surface area contributed by atoms with Crippen LogP contribution in [0.4, 0.5) is 0 Å². The lowest BCUT2D eigenvalue weighted by Gasteiger charge is -2.34. The molecule has 0 bridgehead atoms. The average molecular weight is 312 g/mol. The zero-order valence-corrected chi connectivity index (χ0v) is 14.0. The van der Waals surface area contributed by atoms with Crippen LogP contribution >= 0.6 is 11.6 Å². The van der Waals surface area contributed by atoms with Gasteiger partial charge in [-0.05, 0) is 62.9 Å². The second-order valence-electron chi connectivity index (χ2n) is 5.93. The zero-order chi connectivity index (χ0) is 15.3. The van der Waals surface area contributed by atoms with E-state index in [-0.39, 0.29) is 11.6 Å². The van der Waals surface area contributed by atoms with Crippen molar-refractivity contribution < 1.29 is 9.47 Å². The molecular weight excluding hydrogens is 286 g/mol. The first-order valence-electron chi connectivity index (χ1n) is 7.79. The van der Waals surface area contributed by atoms with Gasteiger partial charge in [-0.3, -0.25) is 0 Å². The highest BCUT2D eigenvalue weighted by molar-refractivity contribution is 6.30. The van der Waals surface area contributed by atoms with Gasteiger partial charge in [0.05, 0.1) is 12.7 Å². The van der Waals surface area contributed by atoms with Gasteiger partial charge in [0, 0.05) is 17.7 Å². The van der Waals surface area contributed by atoms with Crippen molar-refractivity contribution in [3.63, 3.8) is 0 Å². The summed E-state index contributed by atoms with van der Waals surface area (Å²) in [4.78, 5) is 0. The zero-order valence-electron chi connectivity index (χ0n) is 13.2. The van der Waals surface area contributed by atoms with Crippen LogP contribution in [0.15, 0.2) is 18.2 Å². The summed E-state index contributed by atoms with van der Waals surface area (Å²) in [5, 5.41) is 4.40. The van der Waals surface area contributed by atoms with Crippen LogP contribution in [0.5, 0.6) is 5.75 Å². The molecule has 1 aliphatic heterocycles. The number of ether oxygens (including phenoxy) is 2. The van der Waals surface area contributed by atoms with Crippen molar-refractivity contribution in [1.29, 1.82) is 0 Å². The van der Waals surface area contributed by atoms with E-state index in [1.165, 1.54) is 0 Å². The monoisotopic (exact) mass is 311 g/mol. The van der Waals surface area contributed by atoms with E-state index in [2.05, 4.69) is 19.2 Å². The van der Waals surface area contributed by atoms with Gasteiger partial charge in [0.2, 0.25) is 0 Å². The van der Waals surface area contributed by atoms with Crippen LogP contribution < -0.4 is 10.1 Å². The van der Waals surface area contributed by atoms with E-state index in [9.17, 15) is 0 Å². The van der Waals surface area contributed by atoms with Crippen LogP contribution in [-0.4, -0.2) is 31.9 Å². The van der Waals surface area contributed by atoms with Gasteiger partial charge in [-0.2, -0.15) is 0 Å². The summed E-state index contributed by atoms with van der Waals surface area (Å²) in [6.45, 7) is 6.24. The topological polar surface area (TPSA) is 30.5 Å². The maximum absolute atomic E-state index is 6.15. The Morgan fingerprint density at radius 3 is 2.90 bits per heavy atom. The third-order valence-electron chi connectivity index (χ3n) is 4.29. The summed E-state index contributed by atoms with van der Waals surface area (Å²) >= 11 is 6.15. The van der Waals surface area contributed by atoms with E-state index in [0.717, 1.165) is 55.2 Å². The molecule has 1 aromatic rings. The number of halogens is 1. The standard InChI is InChI=1S/C17H26ClNO2/c1-4-9-19-16(17(2)8-5-10-21-17)12-13-11-14(18)6-7-15(13)20-3/h6-7,11,16,19H,4-5,8-10,12H2,1-3H3. The molecule has 2 rings (SSSR count). The Hall–Kier alpha value is -0.770. The predicted octanol–water partition coefficient (Wildman–Crippen LogP) is 3.83. The fourth-order valence-corrected chi connectivity index (χ4v) is 3.22. The second kappa shape index (κ2) is 7.48. The second-order valence-corrected chi connectivity index (χ2v) is 6.37. The summed E-state index contributed by atoms with van der Waals surface area (Å²) in [5.74, 6) is 0.893. The highest BCUT2D eigenvalue weighted by Gasteiger charge is 2.38. The first-order chi connectivity index (χ1) is 10.1. The molecule has 1 fully saturated rings. The normalized spacial score (nSPS) is 23.2. The number of hydrogen-bond acceptors (Lipinski definition) is 3. The molecule has 3 nitrogen and oxygen atoms in total. The summed E-state index contributed by atoms with van der Waals surface area (Å²) in [7, 11) is 1.70. The van der Waals surface area contributed by atoms with E-state index >= 15 is 0 Å². The number of benzene rings is 1. The molecule has 1 aromatic carbocycles. The smallest absolute Gasteiger partial charge is 0.122 e. The minimum atomic E-state index is -0.109. The van der Waals surface area contributed by atoms with Crippen LogP contribution in [0.25, 0.3) is 0 Å².